The molecule has 1 spiro atoms. The number of amides is 1. The molecule has 0 saturated heterocycles. The van der Waals surface area contributed by atoms with E-state index in [0.717, 1.165) is 65.5 Å². The van der Waals surface area contributed by atoms with Gasteiger partial charge in [-0.1, -0.05) is 12.5 Å². The first-order chi connectivity index (χ1) is 20.1. The van der Waals surface area contributed by atoms with Gasteiger partial charge in [0.15, 0.2) is 0 Å². The third kappa shape index (κ3) is 4.86. The molecule has 0 atom stereocenters. The number of nitrogens with zero attached hydrogens (tertiary/aromatic N) is 5. The largest absolute Gasteiger partial charge is 0.476 e. The zero-order valence-electron chi connectivity index (χ0n) is 24.2. The summed E-state index contributed by atoms with van der Waals surface area (Å²) in [6.45, 7) is 2.99. The average molecular weight is 587 g/mol. The lowest BCUT2D eigenvalue weighted by atomic mass is 9.64. The van der Waals surface area contributed by atoms with Crippen molar-refractivity contribution in [3.05, 3.63) is 66.2 Å². The van der Waals surface area contributed by atoms with Crippen molar-refractivity contribution in [2.75, 3.05) is 43.9 Å². The number of carbonyl (C=O) groups is 1. The smallest absolute Gasteiger partial charge is 0.263 e. The molecule has 1 N–H and O–H groups in total. The van der Waals surface area contributed by atoms with E-state index in [1.165, 1.54) is 6.20 Å². The summed E-state index contributed by atoms with van der Waals surface area (Å²) < 4.78 is 35.4. The molecule has 4 aromatic rings. The first-order valence-electron chi connectivity index (χ1n) is 14.0. The summed E-state index contributed by atoms with van der Waals surface area (Å²) in [7, 11) is 1.82. The second-order valence-corrected chi connectivity index (χ2v) is 13.1. The van der Waals surface area contributed by atoms with E-state index in [9.17, 15) is 13.2 Å². The van der Waals surface area contributed by atoms with Gasteiger partial charge >= 0.3 is 0 Å². The molecule has 1 aromatic carbocycles. The lowest BCUT2D eigenvalue weighted by Gasteiger charge is -2.37. The number of aromatic nitrogens is 3. The Morgan fingerprint density at radius 3 is 2.57 bits per heavy atom. The lowest BCUT2D eigenvalue weighted by molar-refractivity contribution is -0.125. The number of pyridine rings is 3. The predicted octanol–water partition coefficient (Wildman–Crippen LogP) is 4.53. The Morgan fingerprint density at radius 1 is 1.05 bits per heavy atom. The molecular weight excluding hydrogens is 552 g/mol. The van der Waals surface area contributed by atoms with Gasteiger partial charge in [-0.25, -0.2) is 13.4 Å². The van der Waals surface area contributed by atoms with E-state index in [4.69, 9.17) is 4.74 Å². The third-order valence-electron chi connectivity index (χ3n) is 8.19. The summed E-state index contributed by atoms with van der Waals surface area (Å²) in [5, 5.41) is 0.930. The van der Waals surface area contributed by atoms with E-state index < -0.39 is 15.4 Å². The topological polar surface area (TPSA) is 118 Å². The van der Waals surface area contributed by atoms with Crippen molar-refractivity contribution >= 4 is 38.2 Å². The highest BCUT2D eigenvalue weighted by molar-refractivity contribution is 7.92. The molecule has 1 amide bonds. The highest BCUT2D eigenvalue weighted by Crippen LogP contribution is 2.55. The average Bonchev–Trinajstić information content (AvgIpc) is 3.18. The van der Waals surface area contributed by atoms with Crippen molar-refractivity contribution < 1.29 is 17.9 Å². The molecule has 10 nitrogen and oxygen atoms in total. The van der Waals surface area contributed by atoms with Gasteiger partial charge < -0.3 is 14.5 Å². The summed E-state index contributed by atoms with van der Waals surface area (Å²) in [4.78, 5) is 30.3. The lowest BCUT2D eigenvalue weighted by Crippen LogP contribution is -2.43. The maximum Gasteiger partial charge on any atom is 0.263 e. The van der Waals surface area contributed by atoms with Gasteiger partial charge in [-0.15, -0.1) is 0 Å². The Hall–Kier alpha value is -4.09. The molecule has 1 fully saturated rings. The van der Waals surface area contributed by atoms with E-state index in [1.807, 2.05) is 39.3 Å². The van der Waals surface area contributed by atoms with Crippen LogP contribution < -0.4 is 14.4 Å². The Balaban J connectivity index is 1.41. The van der Waals surface area contributed by atoms with Crippen molar-refractivity contribution in [2.45, 2.75) is 42.9 Å². The highest BCUT2D eigenvalue weighted by Gasteiger charge is 2.54. The van der Waals surface area contributed by atoms with Crippen molar-refractivity contribution in [3.8, 4) is 17.0 Å². The fourth-order valence-corrected chi connectivity index (χ4v) is 6.97. The van der Waals surface area contributed by atoms with Gasteiger partial charge in [-0.05, 0) is 75.7 Å². The number of rotatable bonds is 9. The van der Waals surface area contributed by atoms with Gasteiger partial charge in [0.25, 0.3) is 10.0 Å². The summed E-state index contributed by atoms with van der Waals surface area (Å²) >= 11 is 0. The monoisotopic (exact) mass is 586 g/mol. The van der Waals surface area contributed by atoms with E-state index in [0.29, 0.717) is 12.2 Å². The minimum atomic E-state index is -3.96. The predicted molar refractivity (Wildman–Crippen MR) is 162 cm³/mol. The maximum absolute atomic E-state index is 13.4. The number of hydrogen-bond donors (Lipinski definition) is 1. The number of anilines is 2. The summed E-state index contributed by atoms with van der Waals surface area (Å²) in [5.74, 6) is 0.328. The molecule has 1 aliphatic carbocycles. The van der Waals surface area contributed by atoms with E-state index in [-0.39, 0.29) is 22.4 Å². The van der Waals surface area contributed by atoms with Crippen molar-refractivity contribution in [2.24, 2.45) is 0 Å². The fourth-order valence-electron chi connectivity index (χ4n) is 5.88. The van der Waals surface area contributed by atoms with Crippen LogP contribution in [0.2, 0.25) is 0 Å². The van der Waals surface area contributed by atoms with Gasteiger partial charge in [-0.3, -0.25) is 19.5 Å². The number of likely N-dealkylation sites (N-methyl/N-ethyl adjacent to an activating group) is 1. The number of sulfonamides is 1. The van der Waals surface area contributed by atoms with Crippen LogP contribution in [0.3, 0.4) is 0 Å². The third-order valence-corrected chi connectivity index (χ3v) is 9.52. The second-order valence-electron chi connectivity index (χ2n) is 11.4. The minimum Gasteiger partial charge on any atom is -0.476 e. The van der Waals surface area contributed by atoms with Crippen LogP contribution in [0.5, 0.6) is 5.88 Å². The number of benzene rings is 1. The number of ether oxygens (including phenoxy) is 1. The van der Waals surface area contributed by atoms with E-state index in [1.54, 1.807) is 42.5 Å². The van der Waals surface area contributed by atoms with E-state index in [2.05, 4.69) is 24.6 Å². The second kappa shape index (κ2) is 10.6. The molecule has 0 bridgehead atoms. The van der Waals surface area contributed by atoms with Crippen molar-refractivity contribution in [3.63, 3.8) is 0 Å². The number of carbonyl (C=O) groups excluding carboxylic acids is 1. The van der Waals surface area contributed by atoms with Crippen LogP contribution in [0.15, 0.2) is 60.0 Å². The van der Waals surface area contributed by atoms with Crippen LogP contribution in [0.25, 0.3) is 22.0 Å². The SMILES string of the molecule is Cc1cncc(S(=O)(=O)Nc2cc(-c3ccc4ncc5c(c4c3)C3(CCC3)C(=O)N5C)cnc2OCCCN(C)C)c1. The summed E-state index contributed by atoms with van der Waals surface area (Å²) in [5.41, 5.74) is 4.72. The molecule has 1 saturated carbocycles. The number of nitrogens with one attached hydrogen (secondary N) is 1. The van der Waals surface area contributed by atoms with Gasteiger partial charge in [0, 0.05) is 48.7 Å². The van der Waals surface area contributed by atoms with E-state index >= 15 is 0 Å². The quantitative estimate of drug-likeness (QED) is 0.284. The Bertz CT molecular complexity index is 1800. The molecule has 1 aliphatic heterocycles. The van der Waals surface area contributed by atoms with Crippen LogP contribution in [0.4, 0.5) is 11.4 Å². The van der Waals surface area contributed by atoms with Gasteiger partial charge in [0.05, 0.1) is 29.4 Å². The first kappa shape index (κ1) is 28.0. The fraction of sp³-hybridized carbons (Fsp3) is 0.355. The van der Waals surface area contributed by atoms with Gasteiger partial charge in [0.2, 0.25) is 11.8 Å². The molecule has 6 rings (SSSR count). The summed E-state index contributed by atoms with van der Waals surface area (Å²) in [6, 6.07) is 9.21. The Kier molecular flexibility index (Phi) is 7.10. The maximum atomic E-state index is 13.4. The molecule has 4 heterocycles. The highest BCUT2D eigenvalue weighted by atomic mass is 32.2. The van der Waals surface area contributed by atoms with Crippen LogP contribution in [-0.2, 0) is 20.2 Å². The number of aryl methyl sites for hydroxylation is 1. The molecule has 0 unspecified atom stereocenters. The number of fused-ring (bicyclic) bond motifs is 4. The van der Waals surface area contributed by atoms with Gasteiger partial charge in [0.1, 0.15) is 10.6 Å². The molecule has 2 aliphatic rings. The Labute approximate surface area is 245 Å². The molecular formula is C31H34N6O4S. The zero-order valence-corrected chi connectivity index (χ0v) is 25.0. The first-order valence-corrected chi connectivity index (χ1v) is 15.5. The summed E-state index contributed by atoms with van der Waals surface area (Å²) in [6.07, 6.45) is 9.81. The van der Waals surface area contributed by atoms with Crippen LogP contribution in [0.1, 0.15) is 36.8 Å². The molecule has 0 radical (unpaired) electrons. The number of hydrogen-bond acceptors (Lipinski definition) is 8. The zero-order chi connectivity index (χ0) is 29.6. The van der Waals surface area contributed by atoms with Crippen LogP contribution in [-0.4, -0.2) is 68.5 Å². The van der Waals surface area contributed by atoms with Crippen molar-refractivity contribution in [1.29, 1.82) is 0 Å². The standard InChI is InChI=1S/C31H34N6O4S/c1-20-13-23(18-32-16-20)42(39,40)35-26-15-22(17-34-29(26)41-12-6-11-36(2)3)21-7-8-25-24(14-21)28-27(19-33-25)37(4)30(38)31(28)9-5-10-31/h7-8,13-19,35H,5-6,9-12H2,1-4H3. The van der Waals surface area contributed by atoms with Crippen LogP contribution in [0, 0.1) is 6.92 Å². The molecule has 218 valence electrons. The molecule has 11 heteroatoms. The van der Waals surface area contributed by atoms with Crippen molar-refractivity contribution in [1.82, 2.24) is 19.9 Å². The van der Waals surface area contributed by atoms with Crippen LogP contribution >= 0.6 is 0 Å². The normalized spacial score (nSPS) is 15.7. The minimum absolute atomic E-state index is 0.0541. The van der Waals surface area contributed by atoms with Gasteiger partial charge in [-0.2, -0.15) is 0 Å². The molecule has 3 aromatic heterocycles. The molecule has 42 heavy (non-hydrogen) atoms. The Morgan fingerprint density at radius 2 is 1.86 bits per heavy atom.